The summed E-state index contributed by atoms with van der Waals surface area (Å²) in [5, 5.41) is 14.0. The average Bonchev–Trinajstić information content (AvgIpc) is 2.46. The van der Waals surface area contributed by atoms with Crippen molar-refractivity contribution in [1.29, 1.82) is 0 Å². The van der Waals surface area contributed by atoms with Gasteiger partial charge in [-0.05, 0) is 43.2 Å². The molecule has 0 unspecified atom stereocenters. The van der Waals surface area contributed by atoms with Crippen molar-refractivity contribution < 1.29 is 9.66 Å². The molecule has 2 rings (SSSR count). The maximum atomic E-state index is 10.7. The van der Waals surface area contributed by atoms with Crippen LogP contribution in [-0.2, 0) is 6.54 Å². The van der Waals surface area contributed by atoms with Crippen LogP contribution in [0.5, 0.6) is 5.75 Å². The fraction of sp³-hybridized carbons (Fsp3) is 0.250. The SMILES string of the molecule is CCOc1cccc(CNc2ccc([N+](=O)[O-])cc2C)c1. The molecule has 0 spiro atoms. The molecule has 21 heavy (non-hydrogen) atoms. The number of hydrogen-bond acceptors (Lipinski definition) is 4. The van der Waals surface area contributed by atoms with Gasteiger partial charge in [0.1, 0.15) is 5.75 Å². The van der Waals surface area contributed by atoms with Gasteiger partial charge in [0.25, 0.3) is 5.69 Å². The van der Waals surface area contributed by atoms with E-state index in [-0.39, 0.29) is 10.6 Å². The van der Waals surface area contributed by atoms with E-state index in [9.17, 15) is 10.1 Å². The topological polar surface area (TPSA) is 64.4 Å². The molecule has 0 aliphatic heterocycles. The van der Waals surface area contributed by atoms with Crippen LogP contribution >= 0.6 is 0 Å². The lowest BCUT2D eigenvalue weighted by Gasteiger charge is -2.10. The predicted octanol–water partition coefficient (Wildman–Crippen LogP) is 3.91. The van der Waals surface area contributed by atoms with Crippen molar-refractivity contribution in [3.05, 3.63) is 63.7 Å². The number of non-ortho nitro benzene ring substituents is 1. The molecular formula is C16H18N2O3. The number of aryl methyl sites for hydroxylation is 1. The molecule has 0 aliphatic carbocycles. The standard InChI is InChI=1S/C16H18N2O3/c1-3-21-15-6-4-5-13(10-15)11-17-16-8-7-14(18(19)20)9-12(16)2/h4-10,17H,3,11H2,1-2H3. The Morgan fingerprint density at radius 1 is 1.24 bits per heavy atom. The van der Waals surface area contributed by atoms with E-state index in [0.29, 0.717) is 13.2 Å². The van der Waals surface area contributed by atoms with Gasteiger partial charge in [-0.1, -0.05) is 12.1 Å². The molecule has 0 atom stereocenters. The molecule has 0 bridgehead atoms. The zero-order valence-electron chi connectivity index (χ0n) is 12.1. The molecular weight excluding hydrogens is 268 g/mol. The Morgan fingerprint density at radius 3 is 2.71 bits per heavy atom. The Bertz CT molecular complexity index is 641. The van der Waals surface area contributed by atoms with Gasteiger partial charge in [-0.2, -0.15) is 0 Å². The van der Waals surface area contributed by atoms with E-state index in [1.165, 1.54) is 6.07 Å². The molecule has 0 radical (unpaired) electrons. The molecule has 5 heteroatoms. The largest absolute Gasteiger partial charge is 0.494 e. The zero-order chi connectivity index (χ0) is 15.2. The number of nitro benzene ring substituents is 1. The van der Waals surface area contributed by atoms with Crippen LogP contribution in [0.3, 0.4) is 0 Å². The minimum absolute atomic E-state index is 0.108. The van der Waals surface area contributed by atoms with Crippen molar-refractivity contribution in [1.82, 2.24) is 0 Å². The summed E-state index contributed by atoms with van der Waals surface area (Å²) >= 11 is 0. The van der Waals surface area contributed by atoms with Gasteiger partial charge < -0.3 is 10.1 Å². The van der Waals surface area contributed by atoms with Crippen molar-refractivity contribution in [2.45, 2.75) is 20.4 Å². The molecule has 0 aromatic heterocycles. The first-order valence-corrected chi connectivity index (χ1v) is 6.81. The number of anilines is 1. The van der Waals surface area contributed by atoms with E-state index in [1.54, 1.807) is 12.1 Å². The van der Waals surface area contributed by atoms with Crippen LogP contribution in [0, 0.1) is 17.0 Å². The number of rotatable bonds is 6. The highest BCUT2D eigenvalue weighted by Crippen LogP contribution is 2.22. The zero-order valence-corrected chi connectivity index (χ0v) is 12.1. The number of hydrogen-bond donors (Lipinski definition) is 1. The number of nitrogens with zero attached hydrogens (tertiary/aromatic N) is 1. The number of nitro groups is 1. The molecule has 0 amide bonds. The lowest BCUT2D eigenvalue weighted by molar-refractivity contribution is -0.384. The summed E-state index contributed by atoms with van der Waals surface area (Å²) in [7, 11) is 0. The highest BCUT2D eigenvalue weighted by Gasteiger charge is 2.07. The van der Waals surface area contributed by atoms with Crippen molar-refractivity contribution >= 4 is 11.4 Å². The van der Waals surface area contributed by atoms with Crippen molar-refractivity contribution in [2.75, 3.05) is 11.9 Å². The lowest BCUT2D eigenvalue weighted by Crippen LogP contribution is -2.02. The summed E-state index contributed by atoms with van der Waals surface area (Å²) in [5.41, 5.74) is 2.95. The Morgan fingerprint density at radius 2 is 2.05 bits per heavy atom. The second-order valence-electron chi connectivity index (χ2n) is 4.69. The highest BCUT2D eigenvalue weighted by atomic mass is 16.6. The molecule has 0 fully saturated rings. The third-order valence-electron chi connectivity index (χ3n) is 3.11. The monoisotopic (exact) mass is 286 g/mol. The number of benzene rings is 2. The summed E-state index contributed by atoms with van der Waals surface area (Å²) in [5.74, 6) is 0.845. The van der Waals surface area contributed by atoms with Crippen LogP contribution in [0.1, 0.15) is 18.1 Å². The van der Waals surface area contributed by atoms with Gasteiger partial charge in [-0.3, -0.25) is 10.1 Å². The van der Waals surface area contributed by atoms with Gasteiger partial charge in [0.15, 0.2) is 0 Å². The van der Waals surface area contributed by atoms with Crippen molar-refractivity contribution in [2.24, 2.45) is 0 Å². The molecule has 0 saturated carbocycles. The maximum absolute atomic E-state index is 10.7. The van der Waals surface area contributed by atoms with Crippen LogP contribution in [0.25, 0.3) is 0 Å². The lowest BCUT2D eigenvalue weighted by atomic mass is 10.1. The van der Waals surface area contributed by atoms with Gasteiger partial charge >= 0.3 is 0 Å². The molecule has 1 N–H and O–H groups in total. The van der Waals surface area contributed by atoms with Gasteiger partial charge in [-0.15, -0.1) is 0 Å². The van der Waals surface area contributed by atoms with E-state index >= 15 is 0 Å². The Balaban J connectivity index is 2.06. The van der Waals surface area contributed by atoms with Crippen LogP contribution < -0.4 is 10.1 Å². The van der Waals surface area contributed by atoms with Crippen LogP contribution in [-0.4, -0.2) is 11.5 Å². The van der Waals surface area contributed by atoms with Crippen molar-refractivity contribution in [3.8, 4) is 5.75 Å². The minimum Gasteiger partial charge on any atom is -0.494 e. The third kappa shape index (κ3) is 3.95. The first kappa shape index (κ1) is 14.8. The van der Waals surface area contributed by atoms with E-state index < -0.39 is 0 Å². The quantitative estimate of drug-likeness (QED) is 0.646. The smallest absolute Gasteiger partial charge is 0.269 e. The first-order chi connectivity index (χ1) is 10.1. The summed E-state index contributed by atoms with van der Waals surface area (Å²) in [4.78, 5) is 10.3. The van der Waals surface area contributed by atoms with Crippen molar-refractivity contribution in [3.63, 3.8) is 0 Å². The van der Waals surface area contributed by atoms with Gasteiger partial charge in [0.2, 0.25) is 0 Å². The Kier molecular flexibility index (Phi) is 4.77. The Labute approximate surface area is 123 Å². The van der Waals surface area contributed by atoms with Gasteiger partial charge in [-0.25, -0.2) is 0 Å². The van der Waals surface area contributed by atoms with E-state index in [0.717, 1.165) is 22.6 Å². The predicted molar refractivity (Wildman–Crippen MR) is 82.8 cm³/mol. The summed E-state index contributed by atoms with van der Waals surface area (Å²) in [6.45, 7) is 5.08. The van der Waals surface area contributed by atoms with E-state index in [2.05, 4.69) is 5.32 Å². The second-order valence-corrected chi connectivity index (χ2v) is 4.69. The van der Waals surface area contributed by atoms with E-state index in [1.807, 2.05) is 38.1 Å². The molecule has 2 aromatic rings. The highest BCUT2D eigenvalue weighted by molar-refractivity contribution is 5.55. The molecule has 5 nitrogen and oxygen atoms in total. The second kappa shape index (κ2) is 6.74. The minimum atomic E-state index is -0.387. The van der Waals surface area contributed by atoms with Gasteiger partial charge in [0.05, 0.1) is 11.5 Å². The fourth-order valence-electron chi connectivity index (χ4n) is 2.07. The van der Waals surface area contributed by atoms with Crippen LogP contribution in [0.15, 0.2) is 42.5 Å². The molecule has 0 heterocycles. The van der Waals surface area contributed by atoms with Crippen LogP contribution in [0.2, 0.25) is 0 Å². The average molecular weight is 286 g/mol. The third-order valence-corrected chi connectivity index (χ3v) is 3.11. The summed E-state index contributed by atoms with van der Waals surface area (Å²) < 4.78 is 5.46. The molecule has 110 valence electrons. The molecule has 2 aromatic carbocycles. The summed E-state index contributed by atoms with van der Waals surface area (Å²) in [6.07, 6.45) is 0. The first-order valence-electron chi connectivity index (χ1n) is 6.81. The maximum Gasteiger partial charge on any atom is 0.269 e. The number of nitrogens with one attached hydrogen (secondary N) is 1. The van der Waals surface area contributed by atoms with Crippen LogP contribution in [0.4, 0.5) is 11.4 Å². The normalized spacial score (nSPS) is 10.2. The number of ether oxygens (including phenoxy) is 1. The fourth-order valence-corrected chi connectivity index (χ4v) is 2.07. The molecule has 0 saturated heterocycles. The summed E-state index contributed by atoms with van der Waals surface area (Å²) in [6, 6.07) is 12.7. The van der Waals surface area contributed by atoms with E-state index in [4.69, 9.17) is 4.74 Å². The van der Waals surface area contributed by atoms with Gasteiger partial charge in [0, 0.05) is 24.4 Å². The molecule has 0 aliphatic rings. The Hall–Kier alpha value is -2.56.